The summed E-state index contributed by atoms with van der Waals surface area (Å²) in [5.41, 5.74) is 0.213. The minimum atomic E-state index is -1.58. The fourth-order valence-electron chi connectivity index (χ4n) is 1.30. The van der Waals surface area contributed by atoms with Gasteiger partial charge >= 0.3 is 5.97 Å². The Hall–Kier alpha value is -1.75. The van der Waals surface area contributed by atoms with Crippen molar-refractivity contribution in [1.82, 2.24) is 0 Å². The lowest BCUT2D eigenvalue weighted by Gasteiger charge is -2.12. The van der Waals surface area contributed by atoms with Crippen LogP contribution in [0.15, 0.2) is 12.1 Å². The van der Waals surface area contributed by atoms with Gasteiger partial charge in [-0.15, -0.1) is 0 Å². The van der Waals surface area contributed by atoms with Crippen LogP contribution in [-0.4, -0.2) is 24.5 Å². The molecule has 0 aromatic heterocycles. The normalized spacial score (nSPS) is 12.0. The molecule has 1 atom stereocenters. The zero-order valence-electron chi connectivity index (χ0n) is 8.86. The third-order valence-electron chi connectivity index (χ3n) is 2.21. The van der Waals surface area contributed by atoms with Crippen LogP contribution in [0.4, 0.5) is 4.39 Å². The van der Waals surface area contributed by atoms with Crippen molar-refractivity contribution >= 4 is 12.3 Å². The summed E-state index contributed by atoms with van der Waals surface area (Å²) in [6.45, 7) is 1.47. The smallest absolute Gasteiger partial charge is 0.339 e. The van der Waals surface area contributed by atoms with Crippen LogP contribution in [0.2, 0.25) is 0 Å². The molecule has 1 aromatic rings. The first kappa shape index (κ1) is 12.3. The predicted octanol–water partition coefficient (Wildman–Crippen LogP) is 1.15. The number of carbonyl (C=O) groups excluding carboxylic acids is 2. The first-order chi connectivity index (χ1) is 7.51. The monoisotopic (exact) mass is 226 g/mol. The molecule has 1 aromatic carbocycles. The molecule has 0 aliphatic rings. The molecule has 0 radical (unpaired) electrons. The molecule has 16 heavy (non-hydrogen) atoms. The molecule has 1 N–H and O–H groups in total. The number of methoxy groups -OCH3 is 1. The van der Waals surface area contributed by atoms with Gasteiger partial charge < -0.3 is 9.84 Å². The Morgan fingerprint density at radius 1 is 1.56 bits per heavy atom. The first-order valence-corrected chi connectivity index (χ1v) is 4.52. The second-order valence-electron chi connectivity index (χ2n) is 3.27. The van der Waals surface area contributed by atoms with E-state index in [4.69, 9.17) is 0 Å². The molecule has 1 rings (SSSR count). The molecule has 0 saturated carbocycles. The minimum Gasteiger partial charge on any atom is -0.467 e. The van der Waals surface area contributed by atoms with Gasteiger partial charge in [-0.3, -0.25) is 4.79 Å². The number of aliphatic hydroxyl groups excluding tert-OH is 1. The number of carbonyl (C=O) groups is 2. The van der Waals surface area contributed by atoms with E-state index in [2.05, 4.69) is 4.74 Å². The predicted molar refractivity (Wildman–Crippen MR) is 53.5 cm³/mol. The van der Waals surface area contributed by atoms with Gasteiger partial charge in [0, 0.05) is 11.1 Å². The number of aldehydes is 1. The van der Waals surface area contributed by atoms with Crippen molar-refractivity contribution in [2.45, 2.75) is 13.0 Å². The number of rotatable bonds is 3. The highest BCUT2D eigenvalue weighted by Gasteiger charge is 2.22. The largest absolute Gasteiger partial charge is 0.467 e. The number of aryl methyl sites for hydroxylation is 1. The highest BCUT2D eigenvalue weighted by Crippen LogP contribution is 2.21. The Morgan fingerprint density at radius 2 is 2.19 bits per heavy atom. The molecule has 0 aliphatic heterocycles. The number of benzene rings is 1. The number of aliphatic hydroxyl groups is 1. The average molecular weight is 226 g/mol. The summed E-state index contributed by atoms with van der Waals surface area (Å²) in [6, 6.07) is 2.23. The quantitative estimate of drug-likeness (QED) is 0.620. The number of hydrogen-bond donors (Lipinski definition) is 1. The molecule has 0 spiro atoms. The lowest BCUT2D eigenvalue weighted by molar-refractivity contribution is -0.150. The van der Waals surface area contributed by atoms with Gasteiger partial charge in [0.2, 0.25) is 0 Å². The van der Waals surface area contributed by atoms with Crippen LogP contribution >= 0.6 is 0 Å². The van der Waals surface area contributed by atoms with Crippen LogP contribution < -0.4 is 0 Å². The van der Waals surface area contributed by atoms with Gasteiger partial charge in [0.1, 0.15) is 5.82 Å². The molecule has 0 bridgehead atoms. The van der Waals surface area contributed by atoms with Crippen LogP contribution in [0.1, 0.15) is 27.6 Å². The van der Waals surface area contributed by atoms with Gasteiger partial charge in [0.25, 0.3) is 0 Å². The summed E-state index contributed by atoms with van der Waals surface area (Å²) in [6.07, 6.45) is -1.20. The first-order valence-electron chi connectivity index (χ1n) is 4.52. The maximum absolute atomic E-state index is 13.1. The Kier molecular flexibility index (Phi) is 3.73. The molecule has 0 aliphatic carbocycles. The third-order valence-corrected chi connectivity index (χ3v) is 2.21. The topological polar surface area (TPSA) is 63.6 Å². The van der Waals surface area contributed by atoms with E-state index in [0.29, 0.717) is 6.29 Å². The van der Waals surface area contributed by atoms with Crippen LogP contribution in [0.3, 0.4) is 0 Å². The van der Waals surface area contributed by atoms with E-state index in [1.54, 1.807) is 0 Å². The Balaban J connectivity index is 3.26. The molecular weight excluding hydrogens is 215 g/mol. The van der Waals surface area contributed by atoms with Crippen LogP contribution in [0, 0.1) is 12.7 Å². The molecule has 1 unspecified atom stereocenters. The molecule has 0 fully saturated rings. The number of halogens is 1. The molecule has 0 saturated heterocycles. The van der Waals surface area contributed by atoms with Gasteiger partial charge in [0.15, 0.2) is 12.4 Å². The van der Waals surface area contributed by atoms with E-state index in [0.717, 1.165) is 13.2 Å². The molecule has 0 heterocycles. The SMILES string of the molecule is COC(=O)C(O)c1cc(C)c(F)cc1C=O. The standard InChI is InChI=1S/C11H11FO4/c1-6-3-8(10(14)11(15)16-2)7(5-13)4-9(6)12/h3-5,10,14H,1-2H3. The summed E-state index contributed by atoms with van der Waals surface area (Å²) in [5, 5.41) is 9.56. The van der Waals surface area contributed by atoms with Gasteiger partial charge in [-0.05, 0) is 24.6 Å². The van der Waals surface area contributed by atoms with Crippen molar-refractivity contribution in [1.29, 1.82) is 0 Å². The number of ether oxygens (including phenoxy) is 1. The van der Waals surface area contributed by atoms with E-state index in [-0.39, 0.29) is 16.7 Å². The average Bonchev–Trinajstić information content (AvgIpc) is 2.30. The molecule has 4 nitrogen and oxygen atoms in total. The lowest BCUT2D eigenvalue weighted by atomic mass is 10.00. The zero-order valence-corrected chi connectivity index (χ0v) is 8.86. The van der Waals surface area contributed by atoms with E-state index < -0.39 is 17.9 Å². The van der Waals surface area contributed by atoms with Crippen molar-refractivity contribution in [3.8, 4) is 0 Å². The van der Waals surface area contributed by atoms with Crippen molar-refractivity contribution < 1.29 is 23.8 Å². The van der Waals surface area contributed by atoms with Crippen molar-refractivity contribution in [3.05, 3.63) is 34.6 Å². The van der Waals surface area contributed by atoms with Crippen LogP contribution in [0.5, 0.6) is 0 Å². The maximum Gasteiger partial charge on any atom is 0.339 e. The molecule has 0 amide bonds. The third kappa shape index (κ3) is 2.25. The van der Waals surface area contributed by atoms with E-state index in [1.807, 2.05) is 0 Å². The molecule has 5 heteroatoms. The summed E-state index contributed by atoms with van der Waals surface area (Å²) >= 11 is 0. The van der Waals surface area contributed by atoms with Gasteiger partial charge in [-0.2, -0.15) is 0 Å². The fraction of sp³-hybridized carbons (Fsp3) is 0.273. The summed E-state index contributed by atoms with van der Waals surface area (Å²) < 4.78 is 17.5. The van der Waals surface area contributed by atoms with E-state index >= 15 is 0 Å². The second kappa shape index (κ2) is 4.85. The highest BCUT2D eigenvalue weighted by atomic mass is 19.1. The summed E-state index contributed by atoms with van der Waals surface area (Å²) in [7, 11) is 1.11. The molecule has 86 valence electrons. The molecular formula is C11H11FO4. The second-order valence-corrected chi connectivity index (χ2v) is 3.27. The summed E-state index contributed by atoms with van der Waals surface area (Å²) in [4.78, 5) is 21.8. The van der Waals surface area contributed by atoms with E-state index in [1.165, 1.54) is 13.0 Å². The van der Waals surface area contributed by atoms with Gasteiger partial charge in [-0.1, -0.05) is 0 Å². The number of hydrogen-bond acceptors (Lipinski definition) is 4. The van der Waals surface area contributed by atoms with Gasteiger partial charge in [-0.25, -0.2) is 9.18 Å². The summed E-state index contributed by atoms with van der Waals surface area (Å²) in [5.74, 6) is -1.46. The van der Waals surface area contributed by atoms with Crippen molar-refractivity contribution in [2.75, 3.05) is 7.11 Å². The van der Waals surface area contributed by atoms with Crippen LogP contribution in [-0.2, 0) is 9.53 Å². The van der Waals surface area contributed by atoms with Crippen LogP contribution in [0.25, 0.3) is 0 Å². The minimum absolute atomic E-state index is 0.0424. The van der Waals surface area contributed by atoms with Crippen molar-refractivity contribution in [3.63, 3.8) is 0 Å². The Bertz CT molecular complexity index is 428. The zero-order chi connectivity index (χ0) is 12.3. The van der Waals surface area contributed by atoms with Crippen molar-refractivity contribution in [2.24, 2.45) is 0 Å². The van der Waals surface area contributed by atoms with Gasteiger partial charge in [0.05, 0.1) is 7.11 Å². The highest BCUT2D eigenvalue weighted by molar-refractivity contribution is 5.84. The Morgan fingerprint density at radius 3 is 2.69 bits per heavy atom. The fourth-order valence-corrected chi connectivity index (χ4v) is 1.30. The lowest BCUT2D eigenvalue weighted by Crippen LogP contribution is -2.15. The number of esters is 1. The maximum atomic E-state index is 13.1. The van der Waals surface area contributed by atoms with E-state index in [9.17, 15) is 19.1 Å². The Labute approximate surface area is 91.7 Å².